The summed E-state index contributed by atoms with van der Waals surface area (Å²) < 4.78 is 10.8. The molecule has 0 saturated heterocycles. The molecule has 164 valence electrons. The number of hydrogen-bond donors (Lipinski definition) is 2. The van der Waals surface area contributed by atoms with Gasteiger partial charge >= 0.3 is 0 Å². The number of H-pyrrole nitrogens is 1. The highest BCUT2D eigenvalue weighted by Crippen LogP contribution is 2.27. The highest BCUT2D eigenvalue weighted by atomic mass is 35.5. The van der Waals surface area contributed by atoms with Crippen LogP contribution >= 0.6 is 11.6 Å². The molecule has 4 aromatic rings. The van der Waals surface area contributed by atoms with Crippen LogP contribution in [0.4, 0.5) is 5.69 Å². The minimum Gasteiger partial charge on any atom is -0.495 e. The van der Waals surface area contributed by atoms with Crippen LogP contribution in [0.1, 0.15) is 11.4 Å². The minimum atomic E-state index is -0.351. The van der Waals surface area contributed by atoms with Crippen molar-refractivity contribution in [3.63, 3.8) is 0 Å². The summed E-state index contributed by atoms with van der Waals surface area (Å²) in [5, 5.41) is 12.8. The molecule has 0 aliphatic carbocycles. The smallest absolute Gasteiger partial charge is 0.262 e. The number of carbonyl (C=O) groups excluding carboxylic acids is 1. The molecular formula is C25H19ClN4O3. The second-order valence-electron chi connectivity index (χ2n) is 7.02. The number of aromatic nitrogens is 2. The number of nitriles is 1. The number of halogens is 1. The average molecular weight is 459 g/mol. The standard InChI is InChI=1S/C25H19ClN4O3/c1-32-23-11-8-18(26)13-22(23)28-24(31)15-33-19-9-6-16(7-10-19)12-17(14-27)25-29-20-4-2-3-5-21(20)30-25/h2-13H,15H2,1H3,(H,28,31)(H,29,30). The number of para-hydroxylation sites is 2. The number of rotatable bonds is 7. The third kappa shape index (κ3) is 5.32. The lowest BCUT2D eigenvalue weighted by atomic mass is 10.1. The van der Waals surface area contributed by atoms with E-state index in [1.807, 2.05) is 24.3 Å². The number of hydrogen-bond acceptors (Lipinski definition) is 5. The minimum absolute atomic E-state index is 0.187. The van der Waals surface area contributed by atoms with Crippen LogP contribution in [0.5, 0.6) is 11.5 Å². The lowest BCUT2D eigenvalue weighted by Gasteiger charge is -2.11. The van der Waals surface area contributed by atoms with Gasteiger partial charge in [-0.2, -0.15) is 5.26 Å². The van der Waals surface area contributed by atoms with Crippen molar-refractivity contribution in [3.8, 4) is 17.6 Å². The molecule has 0 atom stereocenters. The first kappa shape index (κ1) is 21.9. The van der Waals surface area contributed by atoms with Crippen LogP contribution in [-0.4, -0.2) is 29.6 Å². The molecule has 0 bridgehead atoms. The van der Waals surface area contributed by atoms with Gasteiger partial charge in [0, 0.05) is 5.02 Å². The zero-order chi connectivity index (χ0) is 23.2. The Labute approximate surface area is 195 Å². The number of methoxy groups -OCH3 is 1. The fourth-order valence-corrected chi connectivity index (χ4v) is 3.35. The van der Waals surface area contributed by atoms with E-state index in [4.69, 9.17) is 21.1 Å². The number of imidazole rings is 1. The molecule has 0 radical (unpaired) electrons. The molecular weight excluding hydrogens is 440 g/mol. The van der Waals surface area contributed by atoms with Crippen molar-refractivity contribution in [1.29, 1.82) is 5.26 Å². The van der Waals surface area contributed by atoms with Crippen LogP contribution in [-0.2, 0) is 4.79 Å². The Morgan fingerprint density at radius 3 is 2.70 bits per heavy atom. The molecule has 1 aromatic heterocycles. The Morgan fingerprint density at radius 1 is 1.18 bits per heavy atom. The maximum atomic E-state index is 12.3. The van der Waals surface area contributed by atoms with Crippen molar-refractivity contribution in [2.45, 2.75) is 0 Å². The fraction of sp³-hybridized carbons (Fsp3) is 0.0800. The number of amides is 1. The number of carbonyl (C=O) groups is 1. The Bertz CT molecular complexity index is 1340. The summed E-state index contributed by atoms with van der Waals surface area (Å²) >= 11 is 5.98. The Balaban J connectivity index is 1.40. The van der Waals surface area contributed by atoms with E-state index in [2.05, 4.69) is 21.4 Å². The molecule has 1 amide bonds. The average Bonchev–Trinajstić information content (AvgIpc) is 3.26. The Kier molecular flexibility index (Phi) is 6.58. The van der Waals surface area contributed by atoms with Gasteiger partial charge in [-0.15, -0.1) is 0 Å². The third-order valence-electron chi connectivity index (χ3n) is 4.76. The van der Waals surface area contributed by atoms with E-state index >= 15 is 0 Å². The Hall–Kier alpha value is -4.28. The fourth-order valence-electron chi connectivity index (χ4n) is 3.17. The zero-order valence-electron chi connectivity index (χ0n) is 17.6. The monoisotopic (exact) mass is 458 g/mol. The number of nitrogens with zero attached hydrogens (tertiary/aromatic N) is 2. The Morgan fingerprint density at radius 2 is 1.97 bits per heavy atom. The van der Waals surface area contributed by atoms with Gasteiger partial charge in [-0.1, -0.05) is 35.9 Å². The summed E-state index contributed by atoms with van der Waals surface area (Å²) in [7, 11) is 1.51. The number of nitrogens with one attached hydrogen (secondary N) is 2. The van der Waals surface area contributed by atoms with E-state index in [1.165, 1.54) is 7.11 Å². The van der Waals surface area contributed by atoms with Gasteiger partial charge in [-0.25, -0.2) is 4.98 Å². The molecule has 0 saturated carbocycles. The molecule has 0 unspecified atom stereocenters. The predicted molar refractivity (Wildman–Crippen MR) is 128 cm³/mol. The van der Waals surface area contributed by atoms with Crippen LogP contribution in [0.25, 0.3) is 22.7 Å². The molecule has 3 aromatic carbocycles. The first-order valence-corrected chi connectivity index (χ1v) is 10.4. The predicted octanol–water partition coefficient (Wildman–Crippen LogP) is 5.31. The van der Waals surface area contributed by atoms with E-state index in [0.717, 1.165) is 16.6 Å². The summed E-state index contributed by atoms with van der Waals surface area (Å²) in [6, 6.07) is 21.8. The molecule has 1 heterocycles. The maximum Gasteiger partial charge on any atom is 0.262 e. The van der Waals surface area contributed by atoms with Crippen molar-refractivity contribution in [1.82, 2.24) is 9.97 Å². The van der Waals surface area contributed by atoms with Crippen LogP contribution in [0.3, 0.4) is 0 Å². The molecule has 0 spiro atoms. The topological polar surface area (TPSA) is 100 Å². The highest BCUT2D eigenvalue weighted by Gasteiger charge is 2.10. The van der Waals surface area contributed by atoms with Crippen LogP contribution in [0.2, 0.25) is 5.02 Å². The van der Waals surface area contributed by atoms with Crippen molar-refractivity contribution in [3.05, 3.63) is 83.1 Å². The number of allylic oxidation sites excluding steroid dienone is 1. The van der Waals surface area contributed by atoms with Gasteiger partial charge in [0.15, 0.2) is 6.61 Å². The van der Waals surface area contributed by atoms with Crippen molar-refractivity contribution >= 4 is 45.9 Å². The number of anilines is 1. The van der Waals surface area contributed by atoms with Crippen molar-refractivity contribution < 1.29 is 14.3 Å². The largest absolute Gasteiger partial charge is 0.495 e. The summed E-state index contributed by atoms with van der Waals surface area (Å²) in [6.07, 6.45) is 1.74. The molecule has 4 rings (SSSR count). The number of aromatic amines is 1. The summed E-state index contributed by atoms with van der Waals surface area (Å²) in [5.41, 5.74) is 3.34. The second kappa shape index (κ2) is 9.90. The molecule has 0 aliphatic rings. The van der Waals surface area contributed by atoms with Crippen molar-refractivity contribution in [2.75, 3.05) is 19.0 Å². The quantitative estimate of drug-likeness (QED) is 0.366. The summed E-state index contributed by atoms with van der Waals surface area (Å²) in [4.78, 5) is 19.9. The molecule has 7 nitrogen and oxygen atoms in total. The lowest BCUT2D eigenvalue weighted by Crippen LogP contribution is -2.20. The van der Waals surface area contributed by atoms with Crippen LogP contribution in [0.15, 0.2) is 66.7 Å². The van der Waals surface area contributed by atoms with E-state index in [0.29, 0.717) is 33.6 Å². The normalized spacial score (nSPS) is 11.1. The lowest BCUT2D eigenvalue weighted by molar-refractivity contribution is -0.118. The van der Waals surface area contributed by atoms with E-state index in [1.54, 1.807) is 48.5 Å². The van der Waals surface area contributed by atoms with Crippen molar-refractivity contribution in [2.24, 2.45) is 0 Å². The molecule has 8 heteroatoms. The SMILES string of the molecule is COc1ccc(Cl)cc1NC(=O)COc1ccc(C=C(C#N)c2nc3ccccc3[nH]2)cc1. The maximum absolute atomic E-state index is 12.3. The van der Waals surface area contributed by atoms with Crippen LogP contribution < -0.4 is 14.8 Å². The summed E-state index contributed by atoms with van der Waals surface area (Å²) in [5.74, 6) is 1.17. The van der Waals surface area contributed by atoms with Crippen LogP contribution in [0, 0.1) is 11.3 Å². The van der Waals surface area contributed by atoms with Gasteiger partial charge in [-0.3, -0.25) is 4.79 Å². The van der Waals surface area contributed by atoms with Gasteiger partial charge < -0.3 is 19.8 Å². The first-order chi connectivity index (χ1) is 16.1. The second-order valence-corrected chi connectivity index (χ2v) is 7.46. The highest BCUT2D eigenvalue weighted by molar-refractivity contribution is 6.31. The molecule has 0 fully saturated rings. The van der Waals surface area contributed by atoms with E-state index in [-0.39, 0.29) is 12.5 Å². The number of ether oxygens (including phenoxy) is 2. The number of benzene rings is 3. The van der Waals surface area contributed by atoms with Gasteiger partial charge in [0.2, 0.25) is 0 Å². The van der Waals surface area contributed by atoms with Gasteiger partial charge in [0.25, 0.3) is 5.91 Å². The van der Waals surface area contributed by atoms with Gasteiger partial charge in [-0.05, 0) is 54.1 Å². The first-order valence-electron chi connectivity index (χ1n) is 9.99. The molecule has 0 aliphatic heterocycles. The van der Waals surface area contributed by atoms with E-state index in [9.17, 15) is 10.1 Å². The number of fused-ring (bicyclic) bond motifs is 1. The molecule has 2 N–H and O–H groups in total. The van der Waals surface area contributed by atoms with Gasteiger partial charge in [0.1, 0.15) is 23.4 Å². The van der Waals surface area contributed by atoms with Gasteiger partial charge in [0.05, 0.1) is 29.4 Å². The molecule has 33 heavy (non-hydrogen) atoms. The third-order valence-corrected chi connectivity index (χ3v) is 5.00. The zero-order valence-corrected chi connectivity index (χ0v) is 18.4. The summed E-state index contributed by atoms with van der Waals surface area (Å²) in [6.45, 7) is -0.187. The van der Waals surface area contributed by atoms with E-state index < -0.39 is 0 Å².